The Kier molecular flexibility index (Phi) is 6.38. The van der Waals surface area contributed by atoms with Gasteiger partial charge in [-0.3, -0.25) is 4.90 Å². The number of amides is 1. The molecule has 1 aliphatic heterocycles. The molecule has 0 aliphatic carbocycles. The molecule has 0 bridgehead atoms. The maximum absolute atomic E-state index is 12.0. The van der Waals surface area contributed by atoms with E-state index in [1.165, 1.54) is 0 Å². The average molecular weight is 340 g/mol. The van der Waals surface area contributed by atoms with Gasteiger partial charge in [0.2, 0.25) is 0 Å². The van der Waals surface area contributed by atoms with E-state index < -0.39 is 5.60 Å². The molecule has 6 nitrogen and oxygen atoms in total. The molecule has 1 unspecified atom stereocenters. The van der Waals surface area contributed by atoms with Crippen LogP contribution >= 0.6 is 11.3 Å². The van der Waals surface area contributed by atoms with Crippen LogP contribution in [-0.2, 0) is 4.74 Å². The lowest BCUT2D eigenvalue weighted by molar-refractivity contribution is 0.0146. The highest BCUT2D eigenvalue weighted by atomic mass is 32.1. The van der Waals surface area contributed by atoms with Crippen molar-refractivity contribution >= 4 is 17.4 Å². The Balaban J connectivity index is 1.64. The average Bonchev–Trinajstić information content (AvgIpc) is 3.00. The van der Waals surface area contributed by atoms with Gasteiger partial charge in [0.25, 0.3) is 0 Å². The molecule has 2 rings (SSSR count). The Hall–Kier alpha value is -1.18. The van der Waals surface area contributed by atoms with Crippen LogP contribution in [0, 0.1) is 0 Å². The third-order valence-corrected chi connectivity index (χ3v) is 4.40. The smallest absolute Gasteiger partial charge is 0.410 e. The number of ether oxygens (including phenoxy) is 1. The zero-order chi connectivity index (χ0) is 16.9. The number of nitrogens with zero attached hydrogens (tertiary/aromatic N) is 3. The van der Waals surface area contributed by atoms with Gasteiger partial charge in [0.05, 0.1) is 11.2 Å². The summed E-state index contributed by atoms with van der Waals surface area (Å²) in [4.78, 5) is 20.5. The molecule has 1 atom stereocenters. The normalized spacial score (nSPS) is 18.0. The predicted molar refractivity (Wildman–Crippen MR) is 92.8 cm³/mol. The molecule has 1 aliphatic rings. The maximum atomic E-state index is 12.0. The van der Waals surface area contributed by atoms with E-state index in [0.717, 1.165) is 45.0 Å². The van der Waals surface area contributed by atoms with Gasteiger partial charge in [-0.15, -0.1) is 11.3 Å². The standard InChI is InChI=1S/C16H28N4O2S/c1-13(14-11-23-12-18-14)17-5-6-19-7-9-20(10-8-19)15(21)22-16(2,3)4/h11-13,17H,5-10H2,1-4H3. The van der Waals surface area contributed by atoms with Crippen molar-refractivity contribution in [3.8, 4) is 0 Å². The van der Waals surface area contributed by atoms with E-state index in [9.17, 15) is 4.79 Å². The maximum Gasteiger partial charge on any atom is 0.410 e. The largest absolute Gasteiger partial charge is 0.444 e. The zero-order valence-corrected chi connectivity index (χ0v) is 15.4. The van der Waals surface area contributed by atoms with Crippen molar-refractivity contribution < 1.29 is 9.53 Å². The minimum Gasteiger partial charge on any atom is -0.444 e. The topological polar surface area (TPSA) is 57.7 Å². The fourth-order valence-electron chi connectivity index (χ4n) is 2.46. The number of hydrogen-bond donors (Lipinski definition) is 1. The Labute approximate surface area is 142 Å². The summed E-state index contributed by atoms with van der Waals surface area (Å²) in [5, 5.41) is 5.58. The van der Waals surface area contributed by atoms with Crippen molar-refractivity contribution in [3.05, 3.63) is 16.6 Å². The van der Waals surface area contributed by atoms with Gasteiger partial charge in [0, 0.05) is 50.7 Å². The van der Waals surface area contributed by atoms with E-state index in [0.29, 0.717) is 0 Å². The molecular weight excluding hydrogens is 312 g/mol. The van der Waals surface area contributed by atoms with Gasteiger partial charge in [-0.1, -0.05) is 0 Å². The highest BCUT2D eigenvalue weighted by molar-refractivity contribution is 7.07. The Morgan fingerprint density at radius 3 is 2.65 bits per heavy atom. The molecule has 7 heteroatoms. The highest BCUT2D eigenvalue weighted by Gasteiger charge is 2.25. The lowest BCUT2D eigenvalue weighted by Crippen LogP contribution is -2.51. The number of rotatable bonds is 5. The van der Waals surface area contributed by atoms with Crippen molar-refractivity contribution in [2.45, 2.75) is 39.3 Å². The molecular formula is C16H28N4O2S. The van der Waals surface area contributed by atoms with Crippen LogP contribution in [0.2, 0.25) is 0 Å². The number of thiazole rings is 1. The third-order valence-electron chi connectivity index (χ3n) is 3.80. The van der Waals surface area contributed by atoms with E-state index in [1.54, 1.807) is 16.2 Å². The molecule has 130 valence electrons. The highest BCUT2D eigenvalue weighted by Crippen LogP contribution is 2.13. The molecule has 1 amide bonds. The van der Waals surface area contributed by atoms with Crippen LogP contribution in [0.3, 0.4) is 0 Å². The minimum absolute atomic E-state index is 0.201. The summed E-state index contributed by atoms with van der Waals surface area (Å²) < 4.78 is 5.42. The van der Waals surface area contributed by atoms with Gasteiger partial charge in [0.15, 0.2) is 0 Å². The minimum atomic E-state index is -0.427. The second-order valence-corrected chi connectivity index (χ2v) is 7.62. The summed E-state index contributed by atoms with van der Waals surface area (Å²) in [6, 6.07) is 0.282. The first-order valence-electron chi connectivity index (χ1n) is 8.17. The van der Waals surface area contributed by atoms with E-state index >= 15 is 0 Å². The van der Waals surface area contributed by atoms with Gasteiger partial charge in [-0.2, -0.15) is 0 Å². The van der Waals surface area contributed by atoms with Gasteiger partial charge < -0.3 is 15.0 Å². The fourth-order valence-corrected chi connectivity index (χ4v) is 3.11. The zero-order valence-electron chi connectivity index (χ0n) is 14.5. The van der Waals surface area contributed by atoms with Crippen LogP contribution in [0.25, 0.3) is 0 Å². The molecule has 2 heterocycles. The number of nitrogens with one attached hydrogen (secondary N) is 1. The summed E-state index contributed by atoms with van der Waals surface area (Å²) in [7, 11) is 0. The molecule has 1 aromatic rings. The van der Waals surface area contributed by atoms with Crippen LogP contribution in [0.4, 0.5) is 4.79 Å². The van der Waals surface area contributed by atoms with Crippen molar-refractivity contribution in [2.24, 2.45) is 0 Å². The summed E-state index contributed by atoms with van der Waals surface area (Å²) in [5.41, 5.74) is 2.54. The number of carbonyl (C=O) groups is 1. The molecule has 1 aromatic heterocycles. The van der Waals surface area contributed by atoms with E-state index in [1.807, 2.05) is 26.3 Å². The Morgan fingerprint density at radius 1 is 1.39 bits per heavy atom. The lowest BCUT2D eigenvalue weighted by Gasteiger charge is -2.35. The first-order chi connectivity index (χ1) is 10.8. The van der Waals surface area contributed by atoms with Crippen LogP contribution in [-0.4, -0.2) is 65.7 Å². The molecule has 0 aromatic carbocycles. The number of aromatic nitrogens is 1. The van der Waals surface area contributed by atoms with Crippen molar-refractivity contribution in [1.82, 2.24) is 20.1 Å². The van der Waals surface area contributed by atoms with Crippen molar-refractivity contribution in [3.63, 3.8) is 0 Å². The second-order valence-electron chi connectivity index (χ2n) is 6.90. The quantitative estimate of drug-likeness (QED) is 0.892. The van der Waals surface area contributed by atoms with Crippen LogP contribution in [0.15, 0.2) is 10.9 Å². The number of piperazine rings is 1. The molecule has 0 saturated carbocycles. The number of hydrogen-bond acceptors (Lipinski definition) is 6. The number of carbonyl (C=O) groups excluding carboxylic acids is 1. The lowest BCUT2D eigenvalue weighted by atomic mass is 10.2. The summed E-state index contributed by atoms with van der Waals surface area (Å²) in [5.74, 6) is 0. The summed E-state index contributed by atoms with van der Waals surface area (Å²) in [6.07, 6.45) is -0.201. The molecule has 0 spiro atoms. The first kappa shape index (κ1) is 18.2. The monoisotopic (exact) mass is 340 g/mol. The first-order valence-corrected chi connectivity index (χ1v) is 9.11. The Morgan fingerprint density at radius 2 is 2.09 bits per heavy atom. The third kappa shape index (κ3) is 6.08. The Bertz CT molecular complexity index is 479. The molecule has 0 radical (unpaired) electrons. The van der Waals surface area contributed by atoms with Gasteiger partial charge >= 0.3 is 6.09 Å². The van der Waals surface area contributed by atoms with Gasteiger partial charge in [-0.05, 0) is 27.7 Å². The van der Waals surface area contributed by atoms with E-state index in [4.69, 9.17) is 4.74 Å². The van der Waals surface area contributed by atoms with Gasteiger partial charge in [0.1, 0.15) is 5.60 Å². The summed E-state index contributed by atoms with van der Waals surface area (Å²) >= 11 is 1.63. The van der Waals surface area contributed by atoms with Crippen LogP contribution in [0.5, 0.6) is 0 Å². The fraction of sp³-hybridized carbons (Fsp3) is 0.750. The van der Waals surface area contributed by atoms with Crippen molar-refractivity contribution in [2.75, 3.05) is 39.3 Å². The van der Waals surface area contributed by atoms with Crippen LogP contribution < -0.4 is 5.32 Å². The van der Waals surface area contributed by atoms with E-state index in [-0.39, 0.29) is 12.1 Å². The summed E-state index contributed by atoms with van der Waals surface area (Å²) in [6.45, 7) is 13.0. The predicted octanol–water partition coefficient (Wildman–Crippen LogP) is 2.35. The SMILES string of the molecule is CC(NCCN1CCN(C(=O)OC(C)(C)C)CC1)c1cscn1. The molecule has 1 N–H and O–H groups in total. The van der Waals surface area contributed by atoms with E-state index in [2.05, 4.69) is 27.5 Å². The van der Waals surface area contributed by atoms with Crippen molar-refractivity contribution in [1.29, 1.82) is 0 Å². The second kappa shape index (κ2) is 8.08. The molecule has 1 fully saturated rings. The van der Waals surface area contributed by atoms with Gasteiger partial charge in [-0.25, -0.2) is 9.78 Å². The molecule has 1 saturated heterocycles. The molecule has 23 heavy (non-hydrogen) atoms. The van der Waals surface area contributed by atoms with Crippen LogP contribution in [0.1, 0.15) is 39.4 Å².